The minimum Gasteiger partial charge on any atom is -0.447 e. The van der Waals surface area contributed by atoms with E-state index < -0.39 is 9.84 Å². The van der Waals surface area contributed by atoms with Gasteiger partial charge < -0.3 is 9.73 Å². The molecule has 5 nitrogen and oxygen atoms in total. The van der Waals surface area contributed by atoms with Crippen LogP contribution >= 0.6 is 0 Å². The number of oxazole rings is 1. The zero-order chi connectivity index (χ0) is 10.7. The summed E-state index contributed by atoms with van der Waals surface area (Å²) in [5.74, 6) is 1.06. The summed E-state index contributed by atoms with van der Waals surface area (Å²) in [5, 5.41) is 2.85. The molecule has 0 aliphatic carbocycles. The highest BCUT2D eigenvalue weighted by Crippen LogP contribution is 2.19. The SMILES string of the molecule is O=S1(=O)CCCC1CNCc1cnco1. The molecule has 1 fully saturated rings. The van der Waals surface area contributed by atoms with Crippen LogP contribution in [0, 0.1) is 0 Å². The van der Waals surface area contributed by atoms with E-state index in [1.54, 1.807) is 6.20 Å². The first-order valence-corrected chi connectivity index (χ1v) is 6.70. The fourth-order valence-corrected chi connectivity index (χ4v) is 3.57. The zero-order valence-electron chi connectivity index (χ0n) is 8.35. The Morgan fingerprint density at radius 1 is 1.60 bits per heavy atom. The van der Waals surface area contributed by atoms with Gasteiger partial charge in [-0.2, -0.15) is 0 Å². The van der Waals surface area contributed by atoms with Crippen molar-refractivity contribution in [3.63, 3.8) is 0 Å². The van der Waals surface area contributed by atoms with Crippen molar-refractivity contribution in [2.75, 3.05) is 12.3 Å². The summed E-state index contributed by atoms with van der Waals surface area (Å²) in [6.07, 6.45) is 4.54. The van der Waals surface area contributed by atoms with Crippen molar-refractivity contribution in [1.82, 2.24) is 10.3 Å². The highest BCUT2D eigenvalue weighted by Gasteiger charge is 2.30. The lowest BCUT2D eigenvalue weighted by molar-refractivity contribution is 0.475. The summed E-state index contributed by atoms with van der Waals surface area (Å²) in [5.41, 5.74) is 0. The van der Waals surface area contributed by atoms with E-state index in [9.17, 15) is 8.42 Å². The van der Waals surface area contributed by atoms with Crippen LogP contribution in [0.3, 0.4) is 0 Å². The van der Waals surface area contributed by atoms with Gasteiger partial charge in [0.05, 0.1) is 23.7 Å². The standard InChI is InChI=1S/C9H14N2O3S/c12-15(13)3-1-2-9(15)6-10-4-8-5-11-7-14-8/h5,7,9-10H,1-4,6H2. The van der Waals surface area contributed by atoms with Crippen LogP contribution in [0.2, 0.25) is 0 Å². The van der Waals surface area contributed by atoms with E-state index in [1.165, 1.54) is 6.39 Å². The summed E-state index contributed by atoms with van der Waals surface area (Å²) in [4.78, 5) is 3.78. The molecule has 1 N–H and O–H groups in total. The maximum absolute atomic E-state index is 11.5. The maximum atomic E-state index is 11.5. The monoisotopic (exact) mass is 230 g/mol. The van der Waals surface area contributed by atoms with E-state index in [-0.39, 0.29) is 5.25 Å². The highest BCUT2D eigenvalue weighted by atomic mass is 32.2. The molecule has 1 aliphatic heterocycles. The van der Waals surface area contributed by atoms with Crippen LogP contribution in [0.5, 0.6) is 0 Å². The zero-order valence-corrected chi connectivity index (χ0v) is 9.16. The Bertz CT molecular complexity index is 399. The molecule has 0 radical (unpaired) electrons. The van der Waals surface area contributed by atoms with Gasteiger partial charge in [0.2, 0.25) is 0 Å². The number of nitrogens with zero attached hydrogens (tertiary/aromatic N) is 1. The molecule has 15 heavy (non-hydrogen) atoms. The minimum atomic E-state index is -2.84. The van der Waals surface area contributed by atoms with Crippen LogP contribution in [-0.4, -0.2) is 30.9 Å². The van der Waals surface area contributed by atoms with E-state index in [0.717, 1.165) is 18.6 Å². The molecule has 0 aromatic carbocycles. The smallest absolute Gasteiger partial charge is 0.180 e. The van der Waals surface area contributed by atoms with Crippen LogP contribution in [0.15, 0.2) is 17.0 Å². The molecular formula is C9H14N2O3S. The number of nitrogens with one attached hydrogen (secondary N) is 1. The topological polar surface area (TPSA) is 72.2 Å². The highest BCUT2D eigenvalue weighted by molar-refractivity contribution is 7.92. The third kappa shape index (κ3) is 2.57. The molecule has 0 amide bonds. The van der Waals surface area contributed by atoms with Crippen molar-refractivity contribution in [1.29, 1.82) is 0 Å². The lowest BCUT2D eigenvalue weighted by Gasteiger charge is -2.09. The number of aromatic nitrogens is 1. The van der Waals surface area contributed by atoms with E-state index in [0.29, 0.717) is 18.8 Å². The fraction of sp³-hybridized carbons (Fsp3) is 0.667. The summed E-state index contributed by atoms with van der Waals surface area (Å²) < 4.78 is 28.0. The van der Waals surface area contributed by atoms with E-state index in [1.807, 2.05) is 0 Å². The summed E-state index contributed by atoms with van der Waals surface area (Å²) in [7, 11) is -2.84. The van der Waals surface area contributed by atoms with Gasteiger partial charge in [0.25, 0.3) is 0 Å². The van der Waals surface area contributed by atoms with Crippen LogP contribution in [-0.2, 0) is 16.4 Å². The Hall–Kier alpha value is -0.880. The minimum absolute atomic E-state index is 0.222. The molecule has 84 valence electrons. The van der Waals surface area contributed by atoms with Crippen LogP contribution in [0.4, 0.5) is 0 Å². The molecule has 1 unspecified atom stereocenters. The molecule has 6 heteroatoms. The molecule has 2 rings (SSSR count). The van der Waals surface area contributed by atoms with Crippen LogP contribution < -0.4 is 5.32 Å². The van der Waals surface area contributed by atoms with Crippen molar-refractivity contribution in [2.45, 2.75) is 24.6 Å². The lowest BCUT2D eigenvalue weighted by atomic mass is 10.2. The second-order valence-electron chi connectivity index (χ2n) is 3.73. The van der Waals surface area contributed by atoms with Gasteiger partial charge in [0.1, 0.15) is 5.76 Å². The van der Waals surface area contributed by atoms with Gasteiger partial charge in [-0.05, 0) is 12.8 Å². The van der Waals surface area contributed by atoms with Gasteiger partial charge in [-0.1, -0.05) is 0 Å². The Kier molecular flexibility index (Phi) is 3.06. The van der Waals surface area contributed by atoms with E-state index >= 15 is 0 Å². The maximum Gasteiger partial charge on any atom is 0.180 e. The Labute approximate surface area is 88.8 Å². The first kappa shape index (κ1) is 10.6. The summed E-state index contributed by atoms with van der Waals surface area (Å²) in [6.45, 7) is 1.04. The van der Waals surface area contributed by atoms with E-state index in [2.05, 4.69) is 10.3 Å². The van der Waals surface area contributed by atoms with E-state index in [4.69, 9.17) is 4.42 Å². The van der Waals surface area contributed by atoms with Crippen molar-refractivity contribution < 1.29 is 12.8 Å². The molecule has 2 heterocycles. The van der Waals surface area contributed by atoms with Crippen molar-refractivity contribution in [3.05, 3.63) is 18.4 Å². The predicted octanol–water partition coefficient (Wildman–Crippen LogP) is 0.341. The first-order valence-electron chi connectivity index (χ1n) is 4.98. The molecular weight excluding hydrogens is 216 g/mol. The number of hydrogen-bond donors (Lipinski definition) is 1. The van der Waals surface area contributed by atoms with Gasteiger partial charge in [-0.3, -0.25) is 0 Å². The third-order valence-corrected chi connectivity index (χ3v) is 4.89. The fourth-order valence-electron chi connectivity index (χ4n) is 1.77. The molecule has 1 aromatic heterocycles. The van der Waals surface area contributed by atoms with Gasteiger partial charge in [0.15, 0.2) is 16.2 Å². The molecule has 1 atom stereocenters. The van der Waals surface area contributed by atoms with Crippen LogP contribution in [0.1, 0.15) is 18.6 Å². The number of hydrogen-bond acceptors (Lipinski definition) is 5. The van der Waals surface area contributed by atoms with Crippen molar-refractivity contribution in [3.8, 4) is 0 Å². The molecule has 0 saturated carbocycles. The largest absolute Gasteiger partial charge is 0.447 e. The second-order valence-corrected chi connectivity index (χ2v) is 6.13. The Morgan fingerprint density at radius 3 is 3.07 bits per heavy atom. The molecule has 0 spiro atoms. The number of sulfone groups is 1. The second kappa shape index (κ2) is 4.32. The normalized spacial score (nSPS) is 24.4. The lowest BCUT2D eigenvalue weighted by Crippen LogP contribution is -2.30. The Balaban J connectivity index is 1.79. The van der Waals surface area contributed by atoms with Gasteiger partial charge in [-0.15, -0.1) is 0 Å². The molecule has 1 aliphatic rings. The first-order chi connectivity index (χ1) is 7.18. The molecule has 1 aromatic rings. The summed E-state index contributed by atoms with van der Waals surface area (Å²) >= 11 is 0. The van der Waals surface area contributed by atoms with Gasteiger partial charge in [-0.25, -0.2) is 13.4 Å². The van der Waals surface area contributed by atoms with Crippen LogP contribution in [0.25, 0.3) is 0 Å². The average molecular weight is 230 g/mol. The van der Waals surface area contributed by atoms with Crippen molar-refractivity contribution >= 4 is 9.84 Å². The molecule has 0 bridgehead atoms. The summed E-state index contributed by atoms with van der Waals surface area (Å²) in [6, 6.07) is 0. The predicted molar refractivity (Wildman–Crippen MR) is 55.0 cm³/mol. The molecule has 1 saturated heterocycles. The Morgan fingerprint density at radius 2 is 2.47 bits per heavy atom. The quantitative estimate of drug-likeness (QED) is 0.807. The average Bonchev–Trinajstić information content (AvgIpc) is 2.77. The van der Waals surface area contributed by atoms with Gasteiger partial charge >= 0.3 is 0 Å². The number of rotatable bonds is 4. The van der Waals surface area contributed by atoms with Gasteiger partial charge in [0, 0.05) is 6.54 Å². The van der Waals surface area contributed by atoms with Crippen molar-refractivity contribution in [2.24, 2.45) is 0 Å². The third-order valence-electron chi connectivity index (χ3n) is 2.62.